The van der Waals surface area contributed by atoms with Gasteiger partial charge in [0.05, 0.1) is 19.3 Å². The van der Waals surface area contributed by atoms with Crippen LogP contribution in [0.1, 0.15) is 26.2 Å². The average Bonchev–Trinajstić information content (AvgIpc) is 2.49. The van der Waals surface area contributed by atoms with Crippen molar-refractivity contribution in [3.8, 4) is 5.75 Å². The topological polar surface area (TPSA) is 47.6 Å². The van der Waals surface area contributed by atoms with Crippen molar-refractivity contribution in [3.63, 3.8) is 0 Å². The minimum absolute atomic E-state index is 0.0411. The first-order valence-electron chi connectivity index (χ1n) is 7.31. The van der Waals surface area contributed by atoms with Gasteiger partial charge in [0.1, 0.15) is 5.75 Å². The third kappa shape index (κ3) is 4.85. The van der Waals surface area contributed by atoms with E-state index >= 15 is 0 Å². The standard InChI is InChI=1S/C16H23NO3/c1-13(9-11-20-15-7-3-2-4-8-15)16(18)17-14-6-5-10-19-12-14/h2-4,7-8,13-14H,5-6,9-12H2,1H3,(H,17,18). The summed E-state index contributed by atoms with van der Waals surface area (Å²) < 4.78 is 11.0. The van der Waals surface area contributed by atoms with E-state index < -0.39 is 0 Å². The normalized spacial score (nSPS) is 20.1. The van der Waals surface area contributed by atoms with Gasteiger partial charge in [-0.2, -0.15) is 0 Å². The Morgan fingerprint density at radius 1 is 1.45 bits per heavy atom. The van der Waals surface area contributed by atoms with E-state index in [4.69, 9.17) is 9.47 Å². The van der Waals surface area contributed by atoms with Crippen LogP contribution in [0, 0.1) is 5.92 Å². The van der Waals surface area contributed by atoms with E-state index in [-0.39, 0.29) is 17.9 Å². The van der Waals surface area contributed by atoms with E-state index in [0.717, 1.165) is 25.2 Å². The van der Waals surface area contributed by atoms with Gasteiger partial charge in [0.25, 0.3) is 0 Å². The highest BCUT2D eigenvalue weighted by molar-refractivity contribution is 5.78. The zero-order valence-electron chi connectivity index (χ0n) is 12.0. The molecule has 0 aromatic heterocycles. The number of nitrogens with one attached hydrogen (secondary N) is 1. The highest BCUT2D eigenvalue weighted by atomic mass is 16.5. The molecule has 1 heterocycles. The molecule has 2 rings (SSSR count). The Labute approximate surface area is 120 Å². The Morgan fingerprint density at radius 2 is 2.25 bits per heavy atom. The summed E-state index contributed by atoms with van der Waals surface area (Å²) in [6.45, 7) is 3.94. The third-order valence-electron chi connectivity index (χ3n) is 3.52. The fourth-order valence-corrected chi connectivity index (χ4v) is 2.20. The summed E-state index contributed by atoms with van der Waals surface area (Å²) in [4.78, 5) is 12.0. The zero-order valence-corrected chi connectivity index (χ0v) is 12.0. The molecule has 1 fully saturated rings. The molecule has 0 spiro atoms. The van der Waals surface area contributed by atoms with Gasteiger partial charge in [-0.3, -0.25) is 4.79 Å². The van der Waals surface area contributed by atoms with Crippen molar-refractivity contribution in [1.29, 1.82) is 0 Å². The molecule has 2 atom stereocenters. The van der Waals surface area contributed by atoms with Gasteiger partial charge >= 0.3 is 0 Å². The summed E-state index contributed by atoms with van der Waals surface area (Å²) in [5.74, 6) is 0.901. The highest BCUT2D eigenvalue weighted by Crippen LogP contribution is 2.12. The quantitative estimate of drug-likeness (QED) is 0.868. The van der Waals surface area contributed by atoms with E-state index in [1.54, 1.807) is 0 Å². The second-order valence-electron chi connectivity index (χ2n) is 5.27. The van der Waals surface area contributed by atoms with Crippen molar-refractivity contribution < 1.29 is 14.3 Å². The number of benzene rings is 1. The summed E-state index contributed by atoms with van der Waals surface area (Å²) >= 11 is 0. The lowest BCUT2D eigenvalue weighted by atomic mass is 10.1. The molecule has 4 nitrogen and oxygen atoms in total. The maximum atomic E-state index is 12.0. The lowest BCUT2D eigenvalue weighted by molar-refractivity contribution is -0.126. The van der Waals surface area contributed by atoms with Gasteiger partial charge in [0.15, 0.2) is 0 Å². The van der Waals surface area contributed by atoms with E-state index in [1.165, 1.54) is 0 Å². The third-order valence-corrected chi connectivity index (χ3v) is 3.52. The van der Waals surface area contributed by atoms with Crippen LogP contribution in [0.5, 0.6) is 5.75 Å². The number of rotatable bonds is 6. The molecule has 1 amide bonds. The van der Waals surface area contributed by atoms with Crippen LogP contribution in [0.3, 0.4) is 0 Å². The fourth-order valence-electron chi connectivity index (χ4n) is 2.20. The average molecular weight is 277 g/mol. The van der Waals surface area contributed by atoms with Crippen LogP contribution in [0.2, 0.25) is 0 Å². The SMILES string of the molecule is CC(CCOc1ccccc1)C(=O)NC1CCCOC1. The van der Waals surface area contributed by atoms with Crippen molar-refractivity contribution in [2.24, 2.45) is 5.92 Å². The minimum Gasteiger partial charge on any atom is -0.494 e. The molecule has 1 saturated heterocycles. The first-order valence-corrected chi connectivity index (χ1v) is 7.31. The van der Waals surface area contributed by atoms with Gasteiger partial charge in [0, 0.05) is 12.5 Å². The van der Waals surface area contributed by atoms with Crippen LogP contribution < -0.4 is 10.1 Å². The number of para-hydroxylation sites is 1. The van der Waals surface area contributed by atoms with Crippen LogP contribution in [0.4, 0.5) is 0 Å². The van der Waals surface area contributed by atoms with E-state index in [0.29, 0.717) is 19.6 Å². The van der Waals surface area contributed by atoms with Crippen molar-refractivity contribution in [1.82, 2.24) is 5.32 Å². The summed E-state index contributed by atoms with van der Waals surface area (Å²) in [6, 6.07) is 9.85. The first kappa shape index (κ1) is 14.9. The summed E-state index contributed by atoms with van der Waals surface area (Å²) in [6.07, 6.45) is 2.75. The van der Waals surface area contributed by atoms with Crippen LogP contribution >= 0.6 is 0 Å². The largest absolute Gasteiger partial charge is 0.494 e. The molecule has 1 aliphatic heterocycles. The molecule has 110 valence electrons. The molecular weight excluding hydrogens is 254 g/mol. The molecule has 0 aliphatic carbocycles. The van der Waals surface area contributed by atoms with Gasteiger partial charge in [-0.15, -0.1) is 0 Å². The molecule has 4 heteroatoms. The fraction of sp³-hybridized carbons (Fsp3) is 0.562. The molecule has 1 aromatic rings. The number of carbonyl (C=O) groups excluding carboxylic acids is 1. The van der Waals surface area contributed by atoms with Crippen LogP contribution in [-0.4, -0.2) is 31.8 Å². The Bertz CT molecular complexity index is 401. The molecule has 0 radical (unpaired) electrons. The maximum absolute atomic E-state index is 12.0. The Kier molecular flexibility index (Phi) is 5.87. The predicted molar refractivity (Wildman–Crippen MR) is 77.7 cm³/mol. The smallest absolute Gasteiger partial charge is 0.223 e. The number of carbonyl (C=O) groups is 1. The molecule has 20 heavy (non-hydrogen) atoms. The van der Waals surface area contributed by atoms with Gasteiger partial charge in [-0.05, 0) is 31.4 Å². The molecule has 1 aliphatic rings. The lowest BCUT2D eigenvalue weighted by Crippen LogP contribution is -2.43. The van der Waals surface area contributed by atoms with Gasteiger partial charge in [-0.25, -0.2) is 0 Å². The molecule has 0 saturated carbocycles. The Balaban J connectivity index is 1.65. The van der Waals surface area contributed by atoms with Crippen LogP contribution in [-0.2, 0) is 9.53 Å². The van der Waals surface area contributed by atoms with E-state index in [1.807, 2.05) is 37.3 Å². The Morgan fingerprint density at radius 3 is 2.95 bits per heavy atom. The second-order valence-corrected chi connectivity index (χ2v) is 5.27. The number of hydrogen-bond donors (Lipinski definition) is 1. The maximum Gasteiger partial charge on any atom is 0.223 e. The van der Waals surface area contributed by atoms with Crippen molar-refractivity contribution in [2.45, 2.75) is 32.2 Å². The summed E-state index contributed by atoms with van der Waals surface area (Å²) in [7, 11) is 0. The summed E-state index contributed by atoms with van der Waals surface area (Å²) in [5, 5.41) is 3.05. The highest BCUT2D eigenvalue weighted by Gasteiger charge is 2.19. The predicted octanol–water partition coefficient (Wildman–Crippen LogP) is 2.39. The summed E-state index contributed by atoms with van der Waals surface area (Å²) in [5.41, 5.74) is 0. The van der Waals surface area contributed by atoms with Crippen molar-refractivity contribution >= 4 is 5.91 Å². The van der Waals surface area contributed by atoms with Crippen molar-refractivity contribution in [3.05, 3.63) is 30.3 Å². The first-order chi connectivity index (χ1) is 9.75. The molecule has 1 aromatic carbocycles. The number of ether oxygens (including phenoxy) is 2. The molecule has 2 unspecified atom stereocenters. The number of hydrogen-bond acceptors (Lipinski definition) is 3. The molecule has 0 bridgehead atoms. The van der Waals surface area contributed by atoms with Gasteiger partial charge in [0.2, 0.25) is 5.91 Å². The van der Waals surface area contributed by atoms with E-state index in [2.05, 4.69) is 5.32 Å². The molecule has 1 N–H and O–H groups in total. The van der Waals surface area contributed by atoms with Crippen LogP contribution in [0.25, 0.3) is 0 Å². The Hall–Kier alpha value is -1.55. The monoisotopic (exact) mass is 277 g/mol. The minimum atomic E-state index is -0.0411. The van der Waals surface area contributed by atoms with Gasteiger partial charge in [-0.1, -0.05) is 25.1 Å². The molecular formula is C16H23NO3. The lowest BCUT2D eigenvalue weighted by Gasteiger charge is -2.24. The van der Waals surface area contributed by atoms with Gasteiger partial charge < -0.3 is 14.8 Å². The second kappa shape index (κ2) is 7.90. The van der Waals surface area contributed by atoms with E-state index in [9.17, 15) is 4.79 Å². The van der Waals surface area contributed by atoms with Crippen molar-refractivity contribution in [2.75, 3.05) is 19.8 Å². The number of amides is 1. The van der Waals surface area contributed by atoms with Crippen LogP contribution in [0.15, 0.2) is 30.3 Å². The zero-order chi connectivity index (χ0) is 14.2.